The monoisotopic (exact) mass is 170 g/mol. The first-order valence-electron chi connectivity index (χ1n) is 4.62. The van der Waals surface area contributed by atoms with E-state index in [1.165, 1.54) is 6.42 Å². The van der Waals surface area contributed by atoms with Crippen molar-refractivity contribution in [3.05, 3.63) is 12.2 Å². The molecule has 2 heteroatoms. The maximum atomic E-state index is 5.59. The van der Waals surface area contributed by atoms with Crippen molar-refractivity contribution in [1.82, 2.24) is 0 Å². The standard InChI is InChI=1S/C10H18O2/c1-4-5-6-7-9-8-11-10(2,3)12-9/h6-7,9H,4-5,8H2,1-3H3/t9-/m0/s1. The van der Waals surface area contributed by atoms with Gasteiger partial charge in [-0.3, -0.25) is 0 Å². The Morgan fingerprint density at radius 3 is 2.75 bits per heavy atom. The molecule has 1 aliphatic heterocycles. The van der Waals surface area contributed by atoms with E-state index in [0.29, 0.717) is 6.61 Å². The van der Waals surface area contributed by atoms with Crippen molar-refractivity contribution >= 4 is 0 Å². The molecule has 0 aromatic carbocycles. The smallest absolute Gasteiger partial charge is 0.163 e. The molecule has 1 rings (SSSR count). The van der Waals surface area contributed by atoms with E-state index in [2.05, 4.69) is 19.1 Å². The highest BCUT2D eigenvalue weighted by Crippen LogP contribution is 2.22. The van der Waals surface area contributed by atoms with Crippen LogP contribution in [0.4, 0.5) is 0 Å². The van der Waals surface area contributed by atoms with Crippen LogP contribution in [0.2, 0.25) is 0 Å². The van der Waals surface area contributed by atoms with Crippen molar-refractivity contribution in [2.75, 3.05) is 6.61 Å². The summed E-state index contributed by atoms with van der Waals surface area (Å²) >= 11 is 0. The summed E-state index contributed by atoms with van der Waals surface area (Å²) in [6.07, 6.45) is 6.73. The summed E-state index contributed by atoms with van der Waals surface area (Å²) in [5, 5.41) is 0. The molecule has 1 heterocycles. The Morgan fingerprint density at radius 1 is 1.50 bits per heavy atom. The zero-order valence-corrected chi connectivity index (χ0v) is 8.17. The minimum Gasteiger partial charge on any atom is -0.347 e. The van der Waals surface area contributed by atoms with Gasteiger partial charge in [0.1, 0.15) is 6.10 Å². The molecule has 70 valence electrons. The van der Waals surface area contributed by atoms with Crippen LogP contribution >= 0.6 is 0 Å². The molecule has 0 aliphatic carbocycles. The van der Waals surface area contributed by atoms with Crippen molar-refractivity contribution in [1.29, 1.82) is 0 Å². The summed E-state index contributed by atoms with van der Waals surface area (Å²) in [5.74, 6) is -0.388. The van der Waals surface area contributed by atoms with Gasteiger partial charge in [0, 0.05) is 0 Å². The normalized spacial score (nSPS) is 28.4. The topological polar surface area (TPSA) is 18.5 Å². The highest BCUT2D eigenvalue weighted by Gasteiger charge is 2.30. The lowest BCUT2D eigenvalue weighted by atomic mass is 10.2. The number of ether oxygens (including phenoxy) is 2. The van der Waals surface area contributed by atoms with Crippen molar-refractivity contribution in [3.8, 4) is 0 Å². The van der Waals surface area contributed by atoms with Gasteiger partial charge in [0.05, 0.1) is 6.61 Å². The van der Waals surface area contributed by atoms with Crippen molar-refractivity contribution in [2.24, 2.45) is 0 Å². The molecule has 0 bridgehead atoms. The Balaban J connectivity index is 2.28. The highest BCUT2D eigenvalue weighted by atomic mass is 16.7. The lowest BCUT2D eigenvalue weighted by Crippen LogP contribution is -2.20. The summed E-state index contributed by atoms with van der Waals surface area (Å²) in [7, 11) is 0. The van der Waals surface area contributed by atoms with Crippen molar-refractivity contribution in [3.63, 3.8) is 0 Å². The molecule has 2 nitrogen and oxygen atoms in total. The van der Waals surface area contributed by atoms with E-state index in [0.717, 1.165) is 6.42 Å². The second-order valence-electron chi connectivity index (χ2n) is 3.58. The fourth-order valence-corrected chi connectivity index (χ4v) is 1.22. The predicted octanol–water partition coefficient (Wildman–Crippen LogP) is 2.49. The van der Waals surface area contributed by atoms with E-state index in [1.807, 2.05) is 13.8 Å². The second kappa shape index (κ2) is 4.06. The van der Waals surface area contributed by atoms with E-state index in [-0.39, 0.29) is 11.9 Å². The Morgan fingerprint density at radius 2 is 2.25 bits per heavy atom. The average molecular weight is 170 g/mol. The van der Waals surface area contributed by atoms with Gasteiger partial charge in [-0.05, 0) is 20.3 Å². The van der Waals surface area contributed by atoms with E-state index in [4.69, 9.17) is 9.47 Å². The minimum atomic E-state index is -0.388. The van der Waals surface area contributed by atoms with Gasteiger partial charge in [0.25, 0.3) is 0 Å². The Bertz CT molecular complexity index is 161. The summed E-state index contributed by atoms with van der Waals surface area (Å²) in [4.78, 5) is 0. The zero-order valence-electron chi connectivity index (χ0n) is 8.17. The Labute approximate surface area is 74.6 Å². The number of hydrogen-bond acceptors (Lipinski definition) is 2. The number of unbranched alkanes of at least 4 members (excludes halogenated alkanes) is 1. The fourth-order valence-electron chi connectivity index (χ4n) is 1.22. The maximum Gasteiger partial charge on any atom is 0.163 e. The molecule has 0 N–H and O–H groups in total. The third kappa shape index (κ3) is 2.95. The summed E-state index contributed by atoms with van der Waals surface area (Å²) in [6.45, 7) is 6.74. The first kappa shape index (κ1) is 9.75. The largest absolute Gasteiger partial charge is 0.347 e. The Hall–Kier alpha value is -0.340. The maximum absolute atomic E-state index is 5.59. The van der Waals surface area contributed by atoms with Crippen LogP contribution in [0.3, 0.4) is 0 Å². The molecule has 1 aliphatic rings. The van der Waals surface area contributed by atoms with E-state index >= 15 is 0 Å². The van der Waals surface area contributed by atoms with Gasteiger partial charge in [-0.2, -0.15) is 0 Å². The van der Waals surface area contributed by atoms with Crippen LogP contribution in [-0.4, -0.2) is 18.5 Å². The summed E-state index contributed by atoms with van der Waals surface area (Å²) in [5.41, 5.74) is 0. The molecule has 0 radical (unpaired) electrons. The van der Waals surface area contributed by atoms with Crippen LogP contribution in [0.5, 0.6) is 0 Å². The SMILES string of the molecule is CCCC=C[C@H]1COC(C)(C)O1. The number of allylic oxidation sites excluding steroid dienone is 1. The predicted molar refractivity (Wildman–Crippen MR) is 49.0 cm³/mol. The molecule has 0 saturated carbocycles. The molecular weight excluding hydrogens is 152 g/mol. The number of rotatable bonds is 3. The van der Waals surface area contributed by atoms with Gasteiger partial charge in [-0.25, -0.2) is 0 Å². The van der Waals surface area contributed by atoms with Crippen LogP contribution in [0.25, 0.3) is 0 Å². The zero-order chi connectivity index (χ0) is 9.03. The average Bonchev–Trinajstić information content (AvgIpc) is 2.31. The molecule has 0 unspecified atom stereocenters. The van der Waals surface area contributed by atoms with Crippen LogP contribution in [-0.2, 0) is 9.47 Å². The summed E-state index contributed by atoms with van der Waals surface area (Å²) in [6, 6.07) is 0. The lowest BCUT2D eigenvalue weighted by molar-refractivity contribution is -0.133. The van der Waals surface area contributed by atoms with Gasteiger partial charge in [0.15, 0.2) is 5.79 Å². The number of hydrogen-bond donors (Lipinski definition) is 0. The Kier molecular flexibility index (Phi) is 3.29. The molecule has 1 atom stereocenters. The first-order valence-corrected chi connectivity index (χ1v) is 4.62. The van der Waals surface area contributed by atoms with E-state index in [9.17, 15) is 0 Å². The van der Waals surface area contributed by atoms with Gasteiger partial charge in [-0.1, -0.05) is 25.5 Å². The van der Waals surface area contributed by atoms with Crippen LogP contribution in [0.15, 0.2) is 12.2 Å². The van der Waals surface area contributed by atoms with Gasteiger partial charge < -0.3 is 9.47 Å². The minimum absolute atomic E-state index is 0.159. The first-order chi connectivity index (χ1) is 5.64. The fraction of sp³-hybridized carbons (Fsp3) is 0.800. The quantitative estimate of drug-likeness (QED) is 0.606. The van der Waals surface area contributed by atoms with Crippen molar-refractivity contribution < 1.29 is 9.47 Å². The molecule has 0 amide bonds. The lowest BCUT2D eigenvalue weighted by Gasteiger charge is -2.15. The van der Waals surface area contributed by atoms with Gasteiger partial charge >= 0.3 is 0 Å². The molecule has 1 fully saturated rings. The molecule has 0 spiro atoms. The molecule has 0 aromatic rings. The third-order valence-electron chi connectivity index (χ3n) is 1.84. The molecular formula is C10H18O2. The van der Waals surface area contributed by atoms with Crippen LogP contribution in [0, 0.1) is 0 Å². The highest BCUT2D eigenvalue weighted by molar-refractivity contribution is 4.92. The van der Waals surface area contributed by atoms with Crippen LogP contribution in [0.1, 0.15) is 33.6 Å². The molecule has 0 aromatic heterocycles. The van der Waals surface area contributed by atoms with Crippen LogP contribution < -0.4 is 0 Å². The van der Waals surface area contributed by atoms with Gasteiger partial charge in [-0.15, -0.1) is 0 Å². The second-order valence-corrected chi connectivity index (χ2v) is 3.58. The summed E-state index contributed by atoms with van der Waals surface area (Å²) < 4.78 is 11.0. The van der Waals surface area contributed by atoms with E-state index < -0.39 is 0 Å². The van der Waals surface area contributed by atoms with Gasteiger partial charge in [0.2, 0.25) is 0 Å². The molecule has 12 heavy (non-hydrogen) atoms. The molecule has 1 saturated heterocycles. The third-order valence-corrected chi connectivity index (χ3v) is 1.84. The van der Waals surface area contributed by atoms with Crippen molar-refractivity contribution in [2.45, 2.75) is 45.5 Å². The van der Waals surface area contributed by atoms with E-state index in [1.54, 1.807) is 0 Å².